The SMILES string of the molecule is O=C1N[C@@H]2C[C@H](c3c1ccc(OC(F)F)c3-c1ccnc(C34CCC(CNC3)NC4=O)n1)n1c2nc2ccccc21. The lowest BCUT2D eigenvalue weighted by Crippen LogP contribution is -2.54. The number of ether oxygens (including phenoxy) is 1. The summed E-state index contributed by atoms with van der Waals surface area (Å²) in [6, 6.07) is 11.5. The normalized spacial score (nSPS) is 26.3. The van der Waals surface area contributed by atoms with Gasteiger partial charge in [0.25, 0.3) is 5.91 Å². The highest BCUT2D eigenvalue weighted by atomic mass is 19.3. The molecule has 3 saturated heterocycles. The van der Waals surface area contributed by atoms with Gasteiger partial charge in [-0.05, 0) is 49.6 Å². The quantitative estimate of drug-likeness (QED) is 0.353. The van der Waals surface area contributed by atoms with Crippen molar-refractivity contribution in [1.82, 2.24) is 35.5 Å². The van der Waals surface area contributed by atoms with E-state index >= 15 is 0 Å². The standard InChI is InChI=1S/C29H25F2N7O3/c30-28(31)41-21-6-5-15-22(20-11-18(36-25(15)39)24-35-16-3-1-2-4-19(16)38(20)24)23(21)17-8-10-33-26(37-17)29-9-7-14(12-32-13-29)34-27(29)40/h1-6,8,10,14,18,20,28,32H,7,9,11-13H2,(H,34,40)(H,36,39)/t14?,18-,20-,29?/m1/s1. The Balaban J connectivity index is 1.37. The van der Waals surface area contributed by atoms with E-state index in [-0.39, 0.29) is 35.2 Å². The van der Waals surface area contributed by atoms with E-state index in [1.165, 1.54) is 18.3 Å². The average Bonchev–Trinajstić information content (AvgIpc) is 3.29. The Hall–Kier alpha value is -4.45. The zero-order chi connectivity index (χ0) is 27.9. The molecule has 2 aromatic carbocycles. The first-order valence-electron chi connectivity index (χ1n) is 13.7. The summed E-state index contributed by atoms with van der Waals surface area (Å²) in [6.07, 6.45) is 3.36. The molecule has 2 aromatic heterocycles. The number of fused-ring (bicyclic) bond motifs is 13. The Kier molecular flexibility index (Phi) is 5.21. The van der Waals surface area contributed by atoms with Crippen molar-refractivity contribution < 1.29 is 23.1 Å². The lowest BCUT2D eigenvalue weighted by atomic mass is 9.78. The Morgan fingerprint density at radius 2 is 1.95 bits per heavy atom. The van der Waals surface area contributed by atoms with Crippen LogP contribution in [-0.4, -0.2) is 57.1 Å². The van der Waals surface area contributed by atoms with Gasteiger partial charge in [-0.2, -0.15) is 8.78 Å². The van der Waals surface area contributed by atoms with Gasteiger partial charge in [0, 0.05) is 42.0 Å². The molecule has 0 spiro atoms. The van der Waals surface area contributed by atoms with Gasteiger partial charge < -0.3 is 25.3 Å². The van der Waals surface area contributed by atoms with Gasteiger partial charge in [0.05, 0.1) is 28.8 Å². The number of piperidine rings is 1. The molecule has 0 saturated carbocycles. The molecule has 2 unspecified atom stereocenters. The third-order valence-corrected chi connectivity index (χ3v) is 8.86. The number of hydrogen-bond donors (Lipinski definition) is 3. The van der Waals surface area contributed by atoms with E-state index in [0.717, 1.165) is 17.5 Å². The number of alkyl halides is 2. The van der Waals surface area contributed by atoms with Crippen LogP contribution >= 0.6 is 0 Å². The van der Waals surface area contributed by atoms with E-state index in [1.807, 2.05) is 24.3 Å². The first kappa shape index (κ1) is 24.4. The molecule has 4 bridgehead atoms. The number of para-hydroxylation sites is 2. The Labute approximate surface area is 232 Å². The zero-order valence-electron chi connectivity index (χ0n) is 21.7. The summed E-state index contributed by atoms with van der Waals surface area (Å²) in [5.41, 5.74) is 2.13. The number of nitrogens with one attached hydrogen (secondary N) is 3. The van der Waals surface area contributed by atoms with Crippen molar-refractivity contribution in [2.75, 3.05) is 13.1 Å². The molecule has 4 atom stereocenters. The third kappa shape index (κ3) is 3.52. The fourth-order valence-corrected chi connectivity index (χ4v) is 7.01. The topological polar surface area (TPSA) is 123 Å². The highest BCUT2D eigenvalue weighted by Gasteiger charge is 2.49. The predicted octanol–water partition coefficient (Wildman–Crippen LogP) is 2.99. The van der Waals surface area contributed by atoms with Gasteiger partial charge in [0.1, 0.15) is 22.8 Å². The van der Waals surface area contributed by atoms with Gasteiger partial charge in [-0.15, -0.1) is 0 Å². The van der Waals surface area contributed by atoms with E-state index in [2.05, 4.69) is 25.5 Å². The Bertz CT molecular complexity index is 1750. The first-order chi connectivity index (χ1) is 19.9. The molecular weight excluding hydrogens is 532 g/mol. The number of aromatic nitrogens is 4. The molecule has 9 rings (SSSR count). The zero-order valence-corrected chi connectivity index (χ0v) is 21.7. The molecule has 0 aliphatic carbocycles. The average molecular weight is 558 g/mol. The number of rotatable bonds is 4. The van der Waals surface area contributed by atoms with Crippen LogP contribution in [0.1, 0.15) is 58.9 Å². The van der Waals surface area contributed by atoms with Crippen LogP contribution in [0.15, 0.2) is 48.7 Å². The molecule has 3 fully saturated rings. The number of benzene rings is 2. The molecule has 3 N–H and O–H groups in total. The molecule has 2 amide bonds. The van der Waals surface area contributed by atoms with Crippen molar-refractivity contribution in [3.05, 3.63) is 71.4 Å². The van der Waals surface area contributed by atoms with Crippen LogP contribution in [0.4, 0.5) is 8.78 Å². The number of hydrogen-bond acceptors (Lipinski definition) is 7. The number of carbonyl (C=O) groups excluding carboxylic acids is 2. The summed E-state index contributed by atoms with van der Waals surface area (Å²) < 4.78 is 34.7. The lowest BCUT2D eigenvalue weighted by molar-refractivity contribution is -0.129. The Morgan fingerprint density at radius 1 is 1.07 bits per heavy atom. The molecule has 41 heavy (non-hydrogen) atoms. The van der Waals surface area contributed by atoms with Gasteiger partial charge in [-0.1, -0.05) is 12.1 Å². The maximum absolute atomic E-state index is 13.8. The minimum Gasteiger partial charge on any atom is -0.434 e. The first-order valence-corrected chi connectivity index (χ1v) is 13.7. The smallest absolute Gasteiger partial charge is 0.387 e. The molecular formula is C29H25F2N7O3. The second-order valence-corrected chi connectivity index (χ2v) is 11.1. The van der Waals surface area contributed by atoms with Crippen molar-refractivity contribution in [3.63, 3.8) is 0 Å². The fraction of sp³-hybridized carbons (Fsp3) is 0.345. The van der Waals surface area contributed by atoms with Crippen LogP contribution in [-0.2, 0) is 10.2 Å². The summed E-state index contributed by atoms with van der Waals surface area (Å²) in [4.78, 5) is 41.0. The van der Waals surface area contributed by atoms with Crippen molar-refractivity contribution in [1.29, 1.82) is 0 Å². The van der Waals surface area contributed by atoms with Crippen LogP contribution in [0.5, 0.6) is 5.75 Å². The third-order valence-electron chi connectivity index (χ3n) is 8.86. The molecule has 7 heterocycles. The van der Waals surface area contributed by atoms with E-state index < -0.39 is 18.1 Å². The minimum absolute atomic E-state index is 0.0465. The van der Waals surface area contributed by atoms with Crippen LogP contribution in [0.25, 0.3) is 22.3 Å². The molecule has 4 aromatic rings. The second kappa shape index (κ2) is 8.77. The highest BCUT2D eigenvalue weighted by molar-refractivity contribution is 6.00. The van der Waals surface area contributed by atoms with Gasteiger partial charge in [0.15, 0.2) is 0 Å². The van der Waals surface area contributed by atoms with Crippen LogP contribution < -0.4 is 20.7 Å². The molecule has 5 aliphatic heterocycles. The van der Waals surface area contributed by atoms with Crippen molar-refractivity contribution in [3.8, 4) is 17.0 Å². The lowest BCUT2D eigenvalue weighted by Gasteiger charge is -2.34. The van der Waals surface area contributed by atoms with Gasteiger partial charge in [-0.3, -0.25) is 9.59 Å². The summed E-state index contributed by atoms with van der Waals surface area (Å²) in [5.74, 6) is 0.435. The van der Waals surface area contributed by atoms with Crippen LogP contribution in [0.2, 0.25) is 0 Å². The van der Waals surface area contributed by atoms with Gasteiger partial charge >= 0.3 is 6.61 Å². The monoisotopic (exact) mass is 557 g/mol. The number of nitrogens with zero attached hydrogens (tertiary/aromatic N) is 4. The van der Waals surface area contributed by atoms with Crippen molar-refractivity contribution in [2.45, 2.75) is 49.4 Å². The largest absolute Gasteiger partial charge is 0.434 e. The van der Waals surface area contributed by atoms with E-state index in [4.69, 9.17) is 14.7 Å². The molecule has 208 valence electrons. The van der Waals surface area contributed by atoms with Crippen LogP contribution in [0.3, 0.4) is 0 Å². The molecule has 10 nitrogen and oxygen atoms in total. The second-order valence-electron chi connectivity index (χ2n) is 11.1. The number of carbonyl (C=O) groups is 2. The van der Waals surface area contributed by atoms with E-state index in [0.29, 0.717) is 54.4 Å². The highest BCUT2D eigenvalue weighted by Crippen LogP contribution is 2.49. The molecule has 12 heteroatoms. The van der Waals surface area contributed by atoms with Gasteiger partial charge in [0.2, 0.25) is 5.91 Å². The number of amides is 2. The molecule has 5 aliphatic rings. The summed E-state index contributed by atoms with van der Waals surface area (Å²) in [5, 5.41) is 9.47. The maximum Gasteiger partial charge on any atom is 0.387 e. The molecule has 0 radical (unpaired) electrons. The summed E-state index contributed by atoms with van der Waals surface area (Å²) in [7, 11) is 0. The maximum atomic E-state index is 13.8. The van der Waals surface area contributed by atoms with E-state index in [1.54, 1.807) is 6.07 Å². The van der Waals surface area contributed by atoms with E-state index in [9.17, 15) is 18.4 Å². The van der Waals surface area contributed by atoms with Crippen LogP contribution in [0, 0.1) is 0 Å². The predicted molar refractivity (Wildman–Crippen MR) is 143 cm³/mol. The minimum atomic E-state index is -3.10. The van der Waals surface area contributed by atoms with Crippen molar-refractivity contribution >= 4 is 22.8 Å². The summed E-state index contributed by atoms with van der Waals surface area (Å²) in [6.45, 7) is -2.08. The fourth-order valence-electron chi connectivity index (χ4n) is 7.01. The number of imidazole rings is 1. The Morgan fingerprint density at radius 3 is 2.80 bits per heavy atom. The van der Waals surface area contributed by atoms with Crippen molar-refractivity contribution in [2.24, 2.45) is 0 Å². The number of halogens is 2. The van der Waals surface area contributed by atoms with Gasteiger partial charge in [-0.25, -0.2) is 15.0 Å². The summed E-state index contributed by atoms with van der Waals surface area (Å²) >= 11 is 0.